The molecule has 1 aromatic carbocycles. The van der Waals surface area contributed by atoms with Gasteiger partial charge in [0.15, 0.2) is 6.10 Å². The lowest BCUT2D eigenvalue weighted by Crippen LogP contribution is -2.39. The molecule has 18 heavy (non-hydrogen) atoms. The Morgan fingerprint density at radius 3 is 2.28 bits per heavy atom. The molecule has 0 amide bonds. The van der Waals surface area contributed by atoms with E-state index in [1.807, 2.05) is 0 Å². The molecule has 0 fully saturated rings. The maximum atomic E-state index is 13.6. The van der Waals surface area contributed by atoms with Gasteiger partial charge in [-0.15, -0.1) is 12.4 Å². The number of nitrogens with two attached hydrogens (primary N) is 1. The zero-order valence-electron chi connectivity index (χ0n) is 9.13. The van der Waals surface area contributed by atoms with Gasteiger partial charge in [0.05, 0.1) is 6.04 Å². The van der Waals surface area contributed by atoms with E-state index in [1.54, 1.807) is 0 Å². The van der Waals surface area contributed by atoms with Crippen LogP contribution >= 0.6 is 24.0 Å². The van der Waals surface area contributed by atoms with Crippen molar-refractivity contribution in [2.45, 2.75) is 25.2 Å². The van der Waals surface area contributed by atoms with Crippen molar-refractivity contribution in [1.82, 2.24) is 0 Å². The van der Waals surface area contributed by atoms with Crippen LogP contribution in [0.1, 0.15) is 17.2 Å². The second kappa shape index (κ2) is 6.06. The standard InChI is InChI=1S/C10H10ClF4NO.ClH/c1-4-2-3-5(11)6(7(4)12)8(16)9(17)10(13,14)15;/h2-3,8-9,17H,16H2,1H3;1H/t8-,9-;/m0./s1. The zero-order valence-corrected chi connectivity index (χ0v) is 10.7. The number of aryl methyl sites for hydroxylation is 1. The molecule has 3 N–H and O–H groups in total. The summed E-state index contributed by atoms with van der Waals surface area (Å²) in [6.07, 6.45) is -7.80. The summed E-state index contributed by atoms with van der Waals surface area (Å²) in [5.74, 6) is -0.937. The van der Waals surface area contributed by atoms with Crippen LogP contribution in [-0.2, 0) is 0 Å². The van der Waals surface area contributed by atoms with Gasteiger partial charge in [-0.05, 0) is 18.6 Å². The topological polar surface area (TPSA) is 46.2 Å². The predicted octanol–water partition coefficient (Wildman–Crippen LogP) is 3.13. The molecule has 0 aliphatic rings. The van der Waals surface area contributed by atoms with E-state index in [2.05, 4.69) is 0 Å². The molecule has 0 aliphatic heterocycles. The van der Waals surface area contributed by atoms with Gasteiger partial charge in [-0.1, -0.05) is 17.7 Å². The van der Waals surface area contributed by atoms with Crippen LogP contribution in [0, 0.1) is 12.7 Å². The normalized spacial score (nSPS) is 14.9. The molecule has 0 aromatic heterocycles. The van der Waals surface area contributed by atoms with Crippen LogP contribution in [0.4, 0.5) is 17.6 Å². The van der Waals surface area contributed by atoms with Gasteiger partial charge in [0.1, 0.15) is 5.82 Å². The van der Waals surface area contributed by atoms with E-state index < -0.39 is 29.7 Å². The van der Waals surface area contributed by atoms with Crippen molar-refractivity contribution in [3.63, 3.8) is 0 Å². The highest BCUT2D eigenvalue weighted by atomic mass is 35.5. The largest absolute Gasteiger partial charge is 0.416 e. The molecule has 0 unspecified atom stereocenters. The summed E-state index contributed by atoms with van der Waals surface area (Å²) in [5.41, 5.74) is 4.78. The van der Waals surface area contributed by atoms with Crippen LogP contribution in [0.15, 0.2) is 12.1 Å². The van der Waals surface area contributed by atoms with E-state index >= 15 is 0 Å². The molecule has 0 saturated heterocycles. The van der Waals surface area contributed by atoms with Gasteiger partial charge in [-0.25, -0.2) is 4.39 Å². The third kappa shape index (κ3) is 3.47. The molecule has 1 aromatic rings. The monoisotopic (exact) mass is 307 g/mol. The molecule has 0 aliphatic carbocycles. The maximum absolute atomic E-state index is 13.6. The summed E-state index contributed by atoms with van der Waals surface area (Å²) in [6, 6.07) is 0.592. The quantitative estimate of drug-likeness (QED) is 0.825. The molecule has 8 heteroatoms. The average molecular weight is 308 g/mol. The fourth-order valence-electron chi connectivity index (χ4n) is 1.35. The van der Waals surface area contributed by atoms with Crippen LogP contribution in [0.5, 0.6) is 0 Å². The number of hydrogen-bond acceptors (Lipinski definition) is 2. The van der Waals surface area contributed by atoms with Crippen LogP contribution in [-0.4, -0.2) is 17.4 Å². The molecular weight excluding hydrogens is 297 g/mol. The van der Waals surface area contributed by atoms with Gasteiger partial charge in [0, 0.05) is 10.6 Å². The van der Waals surface area contributed by atoms with Crippen molar-refractivity contribution in [2.75, 3.05) is 0 Å². The lowest BCUT2D eigenvalue weighted by Gasteiger charge is -2.23. The number of rotatable bonds is 2. The third-order valence-electron chi connectivity index (χ3n) is 2.33. The van der Waals surface area contributed by atoms with Crippen LogP contribution in [0.2, 0.25) is 5.02 Å². The van der Waals surface area contributed by atoms with E-state index in [4.69, 9.17) is 22.4 Å². The number of aliphatic hydroxyl groups is 1. The van der Waals surface area contributed by atoms with Crippen molar-refractivity contribution in [3.8, 4) is 0 Å². The Labute approximate surface area is 112 Å². The first-order valence-corrected chi connectivity index (χ1v) is 4.99. The predicted molar refractivity (Wildman–Crippen MR) is 62.4 cm³/mol. The molecular formula is C10H11Cl2F4NO. The Morgan fingerprint density at radius 1 is 1.33 bits per heavy atom. The summed E-state index contributed by atoms with van der Waals surface area (Å²) in [4.78, 5) is 0. The molecule has 2 atom stereocenters. The van der Waals surface area contributed by atoms with Crippen LogP contribution < -0.4 is 5.73 Å². The number of benzene rings is 1. The van der Waals surface area contributed by atoms with Gasteiger partial charge in [-0.2, -0.15) is 13.2 Å². The highest BCUT2D eigenvalue weighted by Crippen LogP contribution is 2.34. The van der Waals surface area contributed by atoms with Crippen LogP contribution in [0.25, 0.3) is 0 Å². The first-order valence-electron chi connectivity index (χ1n) is 4.61. The minimum atomic E-state index is -4.93. The minimum Gasteiger partial charge on any atom is -0.382 e. The van der Waals surface area contributed by atoms with Gasteiger partial charge >= 0.3 is 6.18 Å². The molecule has 2 nitrogen and oxygen atoms in total. The fourth-order valence-corrected chi connectivity index (χ4v) is 1.62. The van der Waals surface area contributed by atoms with E-state index in [9.17, 15) is 17.6 Å². The first kappa shape index (κ1) is 17.4. The highest BCUT2D eigenvalue weighted by molar-refractivity contribution is 6.31. The smallest absolute Gasteiger partial charge is 0.382 e. The molecule has 0 heterocycles. The van der Waals surface area contributed by atoms with E-state index in [-0.39, 0.29) is 23.0 Å². The lowest BCUT2D eigenvalue weighted by molar-refractivity contribution is -0.210. The van der Waals surface area contributed by atoms with E-state index in [0.29, 0.717) is 0 Å². The average Bonchev–Trinajstić information content (AvgIpc) is 2.21. The van der Waals surface area contributed by atoms with Gasteiger partial charge in [0.25, 0.3) is 0 Å². The number of alkyl halides is 3. The lowest BCUT2D eigenvalue weighted by atomic mass is 9.99. The molecule has 0 radical (unpaired) electrons. The van der Waals surface area contributed by atoms with Crippen molar-refractivity contribution in [1.29, 1.82) is 0 Å². The number of aliphatic hydroxyl groups excluding tert-OH is 1. The zero-order chi connectivity index (χ0) is 13.4. The Morgan fingerprint density at radius 2 is 1.83 bits per heavy atom. The highest BCUT2D eigenvalue weighted by Gasteiger charge is 2.44. The summed E-state index contributed by atoms with van der Waals surface area (Å²) in [6.45, 7) is 1.36. The Bertz CT molecular complexity index is 425. The maximum Gasteiger partial charge on any atom is 0.416 e. The van der Waals surface area contributed by atoms with Crippen molar-refractivity contribution in [3.05, 3.63) is 34.1 Å². The summed E-state index contributed by atoms with van der Waals surface area (Å²) in [7, 11) is 0. The van der Waals surface area contributed by atoms with E-state index in [1.165, 1.54) is 19.1 Å². The van der Waals surface area contributed by atoms with Gasteiger partial charge < -0.3 is 10.8 Å². The number of hydrogen-bond donors (Lipinski definition) is 2. The summed E-state index contributed by atoms with van der Waals surface area (Å²) < 4.78 is 50.4. The SMILES string of the molecule is Cc1ccc(Cl)c([C@H](N)[C@H](O)C(F)(F)F)c1F.Cl. The summed E-state index contributed by atoms with van der Waals surface area (Å²) >= 11 is 5.59. The fraction of sp³-hybridized carbons (Fsp3) is 0.400. The van der Waals surface area contributed by atoms with Gasteiger partial charge in [-0.3, -0.25) is 0 Å². The first-order chi connectivity index (χ1) is 7.66. The molecule has 104 valence electrons. The summed E-state index contributed by atoms with van der Waals surface area (Å²) in [5, 5.41) is 8.73. The Balaban J connectivity index is 0.00000289. The van der Waals surface area contributed by atoms with Crippen molar-refractivity contribution < 1.29 is 22.7 Å². The Hall–Kier alpha value is -0.560. The molecule has 1 rings (SSSR count). The number of halogens is 6. The minimum absolute atomic E-state index is 0. The second-order valence-corrected chi connectivity index (χ2v) is 4.01. The molecule has 0 bridgehead atoms. The van der Waals surface area contributed by atoms with Crippen LogP contribution in [0.3, 0.4) is 0 Å². The van der Waals surface area contributed by atoms with E-state index in [0.717, 1.165) is 0 Å². The molecule has 0 saturated carbocycles. The third-order valence-corrected chi connectivity index (χ3v) is 2.66. The van der Waals surface area contributed by atoms with Crippen molar-refractivity contribution in [2.24, 2.45) is 5.73 Å². The van der Waals surface area contributed by atoms with Crippen molar-refractivity contribution >= 4 is 24.0 Å². The van der Waals surface area contributed by atoms with Gasteiger partial charge in [0.2, 0.25) is 0 Å². The Kier molecular flexibility index (Phi) is 5.87. The second-order valence-electron chi connectivity index (χ2n) is 3.60. The molecule has 0 spiro atoms.